The van der Waals surface area contributed by atoms with Gasteiger partial charge in [-0.2, -0.15) is 5.10 Å². The lowest BCUT2D eigenvalue weighted by atomic mass is 10.0. The van der Waals surface area contributed by atoms with Gasteiger partial charge in [-0.1, -0.05) is 42.5 Å². The highest BCUT2D eigenvalue weighted by Crippen LogP contribution is 2.29. The van der Waals surface area contributed by atoms with Gasteiger partial charge >= 0.3 is 0 Å². The number of hydrogen-bond donors (Lipinski definition) is 0. The molecule has 0 unspecified atom stereocenters. The Hall–Kier alpha value is -2.46. The molecule has 1 atom stereocenters. The van der Waals surface area contributed by atoms with E-state index in [1.807, 2.05) is 29.1 Å². The second kappa shape index (κ2) is 5.97. The van der Waals surface area contributed by atoms with E-state index in [0.29, 0.717) is 6.61 Å². The maximum atomic E-state index is 13.1. The van der Waals surface area contributed by atoms with E-state index in [2.05, 4.69) is 17.2 Å². The normalized spacial score (nSPS) is 16.5. The highest BCUT2D eigenvalue weighted by molar-refractivity contribution is 5.65. The zero-order valence-electron chi connectivity index (χ0n) is 12.7. The fraction of sp³-hybridized carbons (Fsp3) is 0.211. The third-order valence-electron chi connectivity index (χ3n) is 4.23. The van der Waals surface area contributed by atoms with E-state index in [4.69, 9.17) is 4.74 Å². The molecule has 1 aliphatic rings. The second-order valence-corrected chi connectivity index (χ2v) is 5.82. The van der Waals surface area contributed by atoms with Gasteiger partial charge in [0.1, 0.15) is 5.82 Å². The van der Waals surface area contributed by atoms with Gasteiger partial charge in [-0.05, 0) is 23.3 Å². The van der Waals surface area contributed by atoms with Crippen LogP contribution in [0.1, 0.15) is 11.3 Å². The van der Waals surface area contributed by atoms with Crippen molar-refractivity contribution < 1.29 is 9.13 Å². The van der Waals surface area contributed by atoms with Crippen molar-refractivity contribution in [2.45, 2.75) is 25.7 Å². The largest absolute Gasteiger partial charge is 0.371 e. The van der Waals surface area contributed by atoms with Gasteiger partial charge in [-0.15, -0.1) is 0 Å². The molecular formula is C19H17FN2O. The predicted molar refractivity (Wildman–Crippen MR) is 86.3 cm³/mol. The van der Waals surface area contributed by atoms with Gasteiger partial charge < -0.3 is 4.74 Å². The molecule has 0 saturated heterocycles. The Morgan fingerprint density at radius 1 is 1.09 bits per heavy atom. The molecule has 0 aliphatic carbocycles. The summed E-state index contributed by atoms with van der Waals surface area (Å²) in [5.74, 6) is -0.221. The standard InChI is InChI=1S/C19H17FN2O/c20-16-8-6-15(7-9-16)18-11-21-22-12-17(10-19(18)22)23-13-14-4-2-1-3-5-14/h1-9,11,17H,10,12-13H2/t17-/m1/s1. The average Bonchev–Trinajstić information content (AvgIpc) is 3.15. The zero-order chi connectivity index (χ0) is 15.6. The van der Waals surface area contributed by atoms with Crippen LogP contribution in [0.5, 0.6) is 0 Å². The summed E-state index contributed by atoms with van der Waals surface area (Å²) in [6.45, 7) is 1.38. The molecule has 2 heterocycles. The van der Waals surface area contributed by atoms with E-state index in [1.165, 1.54) is 17.7 Å². The third kappa shape index (κ3) is 2.90. The fourth-order valence-corrected chi connectivity index (χ4v) is 3.03. The summed E-state index contributed by atoms with van der Waals surface area (Å²) in [4.78, 5) is 0. The smallest absolute Gasteiger partial charge is 0.123 e. The Balaban J connectivity index is 1.47. The topological polar surface area (TPSA) is 27.1 Å². The van der Waals surface area contributed by atoms with Crippen molar-refractivity contribution in [1.29, 1.82) is 0 Å². The van der Waals surface area contributed by atoms with E-state index in [-0.39, 0.29) is 11.9 Å². The molecule has 4 heteroatoms. The van der Waals surface area contributed by atoms with Gasteiger partial charge in [-0.25, -0.2) is 4.39 Å². The van der Waals surface area contributed by atoms with Crippen molar-refractivity contribution in [3.63, 3.8) is 0 Å². The molecule has 1 aromatic heterocycles. The number of nitrogens with zero attached hydrogens (tertiary/aromatic N) is 2. The van der Waals surface area contributed by atoms with Gasteiger partial charge in [0, 0.05) is 17.7 Å². The van der Waals surface area contributed by atoms with Gasteiger partial charge in [0.25, 0.3) is 0 Å². The summed E-state index contributed by atoms with van der Waals surface area (Å²) in [5, 5.41) is 4.44. The predicted octanol–water partition coefficient (Wildman–Crippen LogP) is 3.83. The number of rotatable bonds is 4. The van der Waals surface area contributed by atoms with Crippen LogP contribution in [0.15, 0.2) is 60.8 Å². The van der Waals surface area contributed by atoms with Crippen LogP contribution in [0, 0.1) is 5.82 Å². The Bertz CT molecular complexity index is 796. The number of aromatic nitrogens is 2. The molecule has 0 radical (unpaired) electrons. The first-order valence-electron chi connectivity index (χ1n) is 7.76. The molecule has 3 nitrogen and oxygen atoms in total. The minimum Gasteiger partial charge on any atom is -0.371 e. The third-order valence-corrected chi connectivity index (χ3v) is 4.23. The molecule has 0 spiro atoms. The highest BCUT2D eigenvalue weighted by Gasteiger charge is 2.26. The maximum Gasteiger partial charge on any atom is 0.123 e. The maximum absolute atomic E-state index is 13.1. The van der Waals surface area contributed by atoms with Crippen molar-refractivity contribution in [3.05, 3.63) is 77.9 Å². The van der Waals surface area contributed by atoms with Crippen LogP contribution >= 0.6 is 0 Å². The van der Waals surface area contributed by atoms with E-state index in [0.717, 1.165) is 29.8 Å². The Morgan fingerprint density at radius 3 is 2.65 bits per heavy atom. The van der Waals surface area contributed by atoms with E-state index < -0.39 is 0 Å². The first-order chi connectivity index (χ1) is 11.3. The summed E-state index contributed by atoms with van der Waals surface area (Å²) in [6.07, 6.45) is 2.83. The number of hydrogen-bond acceptors (Lipinski definition) is 2. The van der Waals surface area contributed by atoms with Crippen LogP contribution in [0.4, 0.5) is 4.39 Å². The molecule has 0 amide bonds. The van der Waals surface area contributed by atoms with Crippen LogP contribution in [0.3, 0.4) is 0 Å². The number of halogens is 1. The highest BCUT2D eigenvalue weighted by atomic mass is 19.1. The van der Waals surface area contributed by atoms with E-state index in [9.17, 15) is 4.39 Å². The fourth-order valence-electron chi connectivity index (χ4n) is 3.03. The Kier molecular flexibility index (Phi) is 3.67. The van der Waals surface area contributed by atoms with Gasteiger partial charge in [0.2, 0.25) is 0 Å². The van der Waals surface area contributed by atoms with Crippen molar-refractivity contribution in [2.75, 3.05) is 0 Å². The molecule has 116 valence electrons. The first kappa shape index (κ1) is 14.2. The average molecular weight is 308 g/mol. The molecule has 1 aliphatic heterocycles. The van der Waals surface area contributed by atoms with Crippen LogP contribution in [-0.4, -0.2) is 15.9 Å². The summed E-state index contributed by atoms with van der Waals surface area (Å²) in [7, 11) is 0. The van der Waals surface area contributed by atoms with Crippen LogP contribution in [0.25, 0.3) is 11.1 Å². The summed E-state index contributed by atoms with van der Waals surface area (Å²) >= 11 is 0. The monoisotopic (exact) mass is 308 g/mol. The molecule has 2 aromatic carbocycles. The van der Waals surface area contributed by atoms with Gasteiger partial charge in [0.05, 0.1) is 25.5 Å². The molecule has 0 N–H and O–H groups in total. The first-order valence-corrected chi connectivity index (χ1v) is 7.76. The van der Waals surface area contributed by atoms with E-state index >= 15 is 0 Å². The van der Waals surface area contributed by atoms with Gasteiger partial charge in [0.15, 0.2) is 0 Å². The van der Waals surface area contributed by atoms with E-state index in [1.54, 1.807) is 12.1 Å². The molecule has 0 fully saturated rings. The number of ether oxygens (including phenoxy) is 1. The number of benzene rings is 2. The summed E-state index contributed by atoms with van der Waals surface area (Å²) in [5.41, 5.74) is 4.40. The summed E-state index contributed by atoms with van der Waals surface area (Å²) in [6, 6.07) is 16.7. The number of fused-ring (bicyclic) bond motifs is 1. The molecule has 0 saturated carbocycles. The quantitative estimate of drug-likeness (QED) is 0.732. The van der Waals surface area contributed by atoms with Crippen LogP contribution in [0.2, 0.25) is 0 Å². The minimum absolute atomic E-state index is 0.137. The molecule has 23 heavy (non-hydrogen) atoms. The molecule has 4 rings (SSSR count). The Labute approximate surface area is 134 Å². The molecule has 0 bridgehead atoms. The zero-order valence-corrected chi connectivity index (χ0v) is 12.7. The van der Waals surface area contributed by atoms with Crippen LogP contribution < -0.4 is 0 Å². The lowest BCUT2D eigenvalue weighted by Gasteiger charge is -2.11. The Morgan fingerprint density at radius 2 is 1.87 bits per heavy atom. The van der Waals surface area contributed by atoms with Crippen molar-refractivity contribution in [1.82, 2.24) is 9.78 Å². The lowest BCUT2D eigenvalue weighted by Crippen LogP contribution is -2.14. The van der Waals surface area contributed by atoms with Gasteiger partial charge in [-0.3, -0.25) is 4.68 Å². The minimum atomic E-state index is -0.221. The second-order valence-electron chi connectivity index (χ2n) is 5.82. The summed E-state index contributed by atoms with van der Waals surface area (Å²) < 4.78 is 21.1. The van der Waals surface area contributed by atoms with Crippen LogP contribution in [-0.2, 0) is 24.3 Å². The molecular weight excluding hydrogens is 291 g/mol. The van der Waals surface area contributed by atoms with Crippen molar-refractivity contribution in [2.24, 2.45) is 0 Å². The van der Waals surface area contributed by atoms with Crippen molar-refractivity contribution >= 4 is 0 Å². The molecule has 3 aromatic rings. The lowest BCUT2D eigenvalue weighted by molar-refractivity contribution is 0.0403. The van der Waals surface area contributed by atoms with Crippen molar-refractivity contribution in [3.8, 4) is 11.1 Å². The SMILES string of the molecule is Fc1ccc(-c2cnn3c2C[C@@H](OCc2ccccc2)C3)cc1.